The largest absolute Gasteiger partial charge is 0.298 e. The summed E-state index contributed by atoms with van der Waals surface area (Å²) >= 11 is 0. The van der Waals surface area contributed by atoms with Crippen LogP contribution in [0.25, 0.3) is 11.1 Å². The van der Waals surface area contributed by atoms with Crippen molar-refractivity contribution in [2.45, 2.75) is 62.8 Å². The number of carbonyl (C=O) groups excluding carboxylic acids is 1. The molecule has 4 nitrogen and oxygen atoms in total. The number of hydrogen-bond donors (Lipinski definition) is 1. The van der Waals surface area contributed by atoms with E-state index in [9.17, 15) is 13.2 Å². The van der Waals surface area contributed by atoms with Crippen molar-refractivity contribution in [3.8, 4) is 11.1 Å². The molecule has 0 atom stereocenters. The van der Waals surface area contributed by atoms with Crippen molar-refractivity contribution in [3.05, 3.63) is 54.6 Å². The van der Waals surface area contributed by atoms with Gasteiger partial charge in [-0.15, -0.1) is 0 Å². The van der Waals surface area contributed by atoms with Crippen LogP contribution in [0.2, 0.25) is 0 Å². The maximum Gasteiger partial charge on any atom is 0.241 e. The number of nitrogens with one attached hydrogen (secondary N) is 1. The fourth-order valence-corrected chi connectivity index (χ4v) is 8.15. The lowest BCUT2D eigenvalue weighted by Gasteiger charge is -2.54. The highest BCUT2D eigenvalue weighted by Crippen LogP contribution is 2.57. The molecule has 4 aliphatic carbocycles. The third-order valence-electron chi connectivity index (χ3n) is 8.20. The third kappa shape index (κ3) is 4.17. The molecule has 4 saturated carbocycles. The molecule has 0 heterocycles. The number of benzene rings is 2. The first-order valence-electron chi connectivity index (χ1n) is 11.9. The quantitative estimate of drug-likeness (QED) is 0.609. The average Bonchev–Trinajstić information content (AvgIpc) is 2.75. The normalized spacial score (nSPS) is 29.2. The molecule has 0 saturated heterocycles. The Morgan fingerprint density at radius 1 is 0.844 bits per heavy atom. The maximum atomic E-state index is 13.3. The van der Waals surface area contributed by atoms with Gasteiger partial charge in [-0.25, -0.2) is 8.42 Å². The summed E-state index contributed by atoms with van der Waals surface area (Å²) in [6, 6.07) is 16.7. The van der Waals surface area contributed by atoms with E-state index in [2.05, 4.69) is 4.72 Å². The van der Waals surface area contributed by atoms with Crippen molar-refractivity contribution in [2.24, 2.45) is 29.6 Å². The number of carbonyl (C=O) groups is 1. The lowest BCUT2D eigenvalue weighted by atomic mass is 9.51. The molecule has 2 aromatic rings. The molecule has 0 unspecified atom stereocenters. The molecule has 32 heavy (non-hydrogen) atoms. The highest BCUT2D eigenvalue weighted by atomic mass is 32.2. The molecule has 0 aliphatic heterocycles. The summed E-state index contributed by atoms with van der Waals surface area (Å²) in [5.41, 5.74) is 0.878. The Morgan fingerprint density at radius 2 is 1.38 bits per heavy atom. The summed E-state index contributed by atoms with van der Waals surface area (Å²) in [4.78, 5) is 13.5. The van der Waals surface area contributed by atoms with E-state index in [0.29, 0.717) is 24.2 Å². The van der Waals surface area contributed by atoms with Crippen molar-refractivity contribution >= 4 is 15.8 Å². The molecule has 2 aromatic carbocycles. The van der Waals surface area contributed by atoms with Gasteiger partial charge >= 0.3 is 0 Å². The van der Waals surface area contributed by atoms with Gasteiger partial charge in [-0.1, -0.05) is 42.5 Å². The fraction of sp³-hybridized carbons (Fsp3) is 0.519. The first-order valence-corrected chi connectivity index (χ1v) is 13.4. The topological polar surface area (TPSA) is 63.2 Å². The van der Waals surface area contributed by atoms with Crippen molar-refractivity contribution in [2.75, 3.05) is 0 Å². The predicted molar refractivity (Wildman–Crippen MR) is 126 cm³/mol. The molecule has 170 valence electrons. The molecular weight excluding hydrogens is 418 g/mol. The van der Waals surface area contributed by atoms with Crippen molar-refractivity contribution in [1.29, 1.82) is 0 Å². The first kappa shape index (κ1) is 21.8. The minimum atomic E-state index is -3.79. The second kappa shape index (κ2) is 8.11. The lowest BCUT2D eigenvalue weighted by molar-refractivity contribution is -0.128. The van der Waals surface area contributed by atoms with Gasteiger partial charge in [0.05, 0.1) is 10.4 Å². The minimum absolute atomic E-state index is 0.0134. The van der Waals surface area contributed by atoms with Gasteiger partial charge in [0.25, 0.3) is 0 Å². The van der Waals surface area contributed by atoms with Gasteiger partial charge < -0.3 is 0 Å². The van der Waals surface area contributed by atoms with Gasteiger partial charge in [0, 0.05) is 6.42 Å². The maximum absolute atomic E-state index is 13.3. The van der Waals surface area contributed by atoms with Gasteiger partial charge in [0.2, 0.25) is 10.0 Å². The SMILES string of the molecule is CC(C)(NS(=O)(=O)c1ccc(-c2ccccc2)cc1)C(=O)CC1C2CC3CC(C2)CC1C3. The lowest BCUT2D eigenvalue weighted by Crippen LogP contribution is -2.52. The van der Waals surface area contributed by atoms with E-state index >= 15 is 0 Å². The fourth-order valence-electron chi connectivity index (χ4n) is 6.75. The predicted octanol–water partition coefficient (Wildman–Crippen LogP) is 5.44. The van der Waals surface area contributed by atoms with Crippen LogP contribution in [-0.4, -0.2) is 19.7 Å². The third-order valence-corrected chi connectivity index (χ3v) is 9.87. The number of sulfonamides is 1. The Hall–Kier alpha value is -1.98. The molecule has 1 N–H and O–H groups in total. The van der Waals surface area contributed by atoms with Crippen LogP contribution in [0.3, 0.4) is 0 Å². The molecular formula is C27H33NO3S. The minimum Gasteiger partial charge on any atom is -0.298 e. The van der Waals surface area contributed by atoms with Crippen molar-refractivity contribution < 1.29 is 13.2 Å². The summed E-state index contributed by atoms with van der Waals surface area (Å²) in [6.07, 6.45) is 6.96. The van der Waals surface area contributed by atoms with Crippen LogP contribution in [0.5, 0.6) is 0 Å². The molecule has 4 fully saturated rings. The summed E-state index contributed by atoms with van der Waals surface area (Å²) < 4.78 is 28.9. The summed E-state index contributed by atoms with van der Waals surface area (Å²) in [7, 11) is -3.79. The van der Waals surface area contributed by atoms with Crippen molar-refractivity contribution in [3.63, 3.8) is 0 Å². The number of Topliss-reactive ketones (excluding diaryl/α,β-unsaturated/α-hetero) is 1. The van der Waals surface area contributed by atoms with E-state index in [4.69, 9.17) is 0 Å². The smallest absolute Gasteiger partial charge is 0.241 e. The Morgan fingerprint density at radius 3 is 1.94 bits per heavy atom. The summed E-state index contributed by atoms with van der Waals surface area (Å²) in [6.45, 7) is 3.42. The van der Waals surface area contributed by atoms with Gasteiger partial charge in [-0.2, -0.15) is 4.72 Å². The zero-order valence-electron chi connectivity index (χ0n) is 19.0. The van der Waals surface area contributed by atoms with E-state index < -0.39 is 15.6 Å². The Bertz CT molecular complexity index is 1060. The van der Waals surface area contributed by atoms with Crippen LogP contribution in [0, 0.1) is 29.6 Å². The van der Waals surface area contributed by atoms with Gasteiger partial charge in [0.1, 0.15) is 0 Å². The number of rotatable bonds is 7. The highest BCUT2D eigenvalue weighted by molar-refractivity contribution is 7.89. The van der Waals surface area contributed by atoms with Crippen LogP contribution in [0.1, 0.15) is 52.4 Å². The second-order valence-corrected chi connectivity index (χ2v) is 12.5. The summed E-state index contributed by atoms with van der Waals surface area (Å²) in [5.74, 6) is 3.51. The van der Waals surface area contributed by atoms with E-state index in [1.165, 1.54) is 32.1 Å². The number of ketones is 1. The molecule has 0 spiro atoms. The monoisotopic (exact) mass is 451 g/mol. The molecule has 4 aliphatic rings. The van der Waals surface area contributed by atoms with Crippen molar-refractivity contribution in [1.82, 2.24) is 4.72 Å². The molecule has 5 heteroatoms. The molecule has 0 radical (unpaired) electrons. The van der Waals surface area contributed by atoms with Crippen LogP contribution in [0.4, 0.5) is 0 Å². The Kier molecular flexibility index (Phi) is 5.53. The number of hydrogen-bond acceptors (Lipinski definition) is 3. The van der Waals surface area contributed by atoms with Crippen LogP contribution < -0.4 is 4.72 Å². The van der Waals surface area contributed by atoms with Crippen LogP contribution in [-0.2, 0) is 14.8 Å². The second-order valence-electron chi connectivity index (χ2n) is 10.8. The van der Waals surface area contributed by atoms with Gasteiger partial charge in [0.15, 0.2) is 5.78 Å². The van der Waals surface area contributed by atoms with E-state index in [-0.39, 0.29) is 10.7 Å². The van der Waals surface area contributed by atoms with E-state index in [1.807, 2.05) is 42.5 Å². The average molecular weight is 452 g/mol. The molecule has 6 rings (SSSR count). The van der Waals surface area contributed by atoms with Gasteiger partial charge in [-0.05, 0) is 98.8 Å². The zero-order valence-corrected chi connectivity index (χ0v) is 19.8. The Labute approximate surface area is 191 Å². The standard InChI is InChI=1S/C27H33NO3S/c1-27(2,26(29)17-25-22-13-18-12-19(15-22)16-23(25)14-18)28-32(30,31)24-10-8-21(9-11-24)20-6-4-3-5-7-20/h3-11,18-19,22-23,25,28H,12-17H2,1-2H3. The molecule has 0 aromatic heterocycles. The van der Waals surface area contributed by atoms with Gasteiger partial charge in [-0.3, -0.25) is 4.79 Å². The summed E-state index contributed by atoms with van der Waals surface area (Å²) in [5, 5.41) is 0. The zero-order chi connectivity index (χ0) is 22.5. The van der Waals surface area contributed by atoms with E-state index in [1.54, 1.807) is 26.0 Å². The van der Waals surface area contributed by atoms with Crippen LogP contribution in [0.15, 0.2) is 59.5 Å². The highest BCUT2D eigenvalue weighted by Gasteiger charge is 2.49. The first-order chi connectivity index (χ1) is 15.2. The van der Waals surface area contributed by atoms with Crippen LogP contribution >= 0.6 is 0 Å². The molecule has 0 amide bonds. The molecule has 4 bridgehead atoms. The van der Waals surface area contributed by atoms with E-state index in [0.717, 1.165) is 23.0 Å². The Balaban J connectivity index is 1.27.